The van der Waals surface area contributed by atoms with Gasteiger partial charge in [0.25, 0.3) is 11.5 Å². The number of aromatic nitrogens is 2. The molecule has 1 aromatic heterocycles. The van der Waals surface area contributed by atoms with Crippen LogP contribution in [0.1, 0.15) is 18.2 Å². The first-order valence-electron chi connectivity index (χ1n) is 9.63. The van der Waals surface area contributed by atoms with E-state index in [1.54, 1.807) is 24.3 Å². The SMILES string of the molecule is Cc1ccc(OC(C)C(=O)Nc2cc(-n3c(=O)cc(C(F)(F)F)n(C)c3=O)ccc2F)cc1. The summed E-state index contributed by atoms with van der Waals surface area (Å²) in [5, 5.41) is 2.30. The minimum absolute atomic E-state index is 0.224. The summed E-state index contributed by atoms with van der Waals surface area (Å²) in [6, 6.07) is 10.0. The molecule has 0 bridgehead atoms. The van der Waals surface area contributed by atoms with Crippen LogP contribution in [0.15, 0.2) is 58.1 Å². The van der Waals surface area contributed by atoms with Crippen molar-refractivity contribution in [1.29, 1.82) is 0 Å². The summed E-state index contributed by atoms with van der Waals surface area (Å²) >= 11 is 0. The summed E-state index contributed by atoms with van der Waals surface area (Å²) in [4.78, 5) is 37.2. The molecule has 1 unspecified atom stereocenters. The number of nitrogens with zero attached hydrogens (tertiary/aromatic N) is 2. The zero-order valence-electron chi connectivity index (χ0n) is 17.7. The Bertz CT molecular complexity index is 1310. The molecule has 1 amide bonds. The second-order valence-corrected chi connectivity index (χ2v) is 7.27. The zero-order valence-corrected chi connectivity index (χ0v) is 17.7. The summed E-state index contributed by atoms with van der Waals surface area (Å²) < 4.78 is 59.6. The first kappa shape index (κ1) is 23.8. The minimum atomic E-state index is -4.92. The van der Waals surface area contributed by atoms with Gasteiger partial charge in [-0.25, -0.2) is 13.8 Å². The summed E-state index contributed by atoms with van der Waals surface area (Å²) in [5.41, 5.74) is -3.58. The highest BCUT2D eigenvalue weighted by molar-refractivity contribution is 5.94. The Balaban J connectivity index is 1.91. The molecule has 0 saturated carbocycles. The maximum absolute atomic E-state index is 14.3. The van der Waals surface area contributed by atoms with Gasteiger partial charge in [0.15, 0.2) is 6.10 Å². The van der Waals surface area contributed by atoms with Gasteiger partial charge in [0, 0.05) is 13.1 Å². The number of rotatable bonds is 5. The largest absolute Gasteiger partial charge is 0.481 e. The number of amides is 1. The number of benzene rings is 2. The van der Waals surface area contributed by atoms with Gasteiger partial charge in [-0.15, -0.1) is 0 Å². The third-order valence-electron chi connectivity index (χ3n) is 4.78. The lowest BCUT2D eigenvalue weighted by atomic mass is 10.2. The van der Waals surface area contributed by atoms with Gasteiger partial charge in [-0.2, -0.15) is 13.2 Å². The number of halogens is 4. The number of hydrogen-bond donors (Lipinski definition) is 1. The van der Waals surface area contributed by atoms with Gasteiger partial charge in [-0.1, -0.05) is 17.7 Å². The molecule has 174 valence electrons. The molecule has 1 heterocycles. The zero-order chi connectivity index (χ0) is 24.5. The molecule has 33 heavy (non-hydrogen) atoms. The van der Waals surface area contributed by atoms with Gasteiger partial charge in [-0.3, -0.25) is 14.2 Å². The van der Waals surface area contributed by atoms with Crippen LogP contribution in [0, 0.1) is 12.7 Å². The molecule has 0 aliphatic carbocycles. The van der Waals surface area contributed by atoms with Gasteiger partial charge in [-0.05, 0) is 44.2 Å². The maximum Gasteiger partial charge on any atom is 0.431 e. The predicted octanol–water partition coefficient (Wildman–Crippen LogP) is 3.41. The third kappa shape index (κ3) is 5.13. The fourth-order valence-electron chi connectivity index (χ4n) is 2.99. The highest BCUT2D eigenvalue weighted by Gasteiger charge is 2.35. The average molecular weight is 465 g/mol. The van der Waals surface area contributed by atoms with Crippen LogP contribution in [0.5, 0.6) is 5.75 Å². The molecule has 0 saturated heterocycles. The molecule has 3 rings (SSSR count). The Hall–Kier alpha value is -3.89. The van der Waals surface area contributed by atoms with Crippen LogP contribution < -0.4 is 21.3 Å². The van der Waals surface area contributed by atoms with Crippen LogP contribution in [0.2, 0.25) is 0 Å². The van der Waals surface area contributed by atoms with E-state index in [9.17, 15) is 31.9 Å². The van der Waals surface area contributed by atoms with Crippen LogP contribution in [-0.4, -0.2) is 21.1 Å². The highest BCUT2D eigenvalue weighted by atomic mass is 19.4. The normalized spacial score (nSPS) is 12.3. The average Bonchev–Trinajstić information content (AvgIpc) is 2.73. The van der Waals surface area contributed by atoms with Gasteiger partial charge in [0.05, 0.1) is 11.4 Å². The number of nitrogens with one attached hydrogen (secondary N) is 1. The van der Waals surface area contributed by atoms with E-state index in [-0.39, 0.29) is 22.0 Å². The molecule has 0 aliphatic rings. The van der Waals surface area contributed by atoms with Crippen molar-refractivity contribution in [2.24, 2.45) is 7.05 Å². The Kier molecular flexibility index (Phi) is 6.43. The highest BCUT2D eigenvalue weighted by Crippen LogP contribution is 2.27. The van der Waals surface area contributed by atoms with E-state index in [0.29, 0.717) is 10.3 Å². The van der Waals surface area contributed by atoms with Crippen molar-refractivity contribution < 1.29 is 27.1 Å². The van der Waals surface area contributed by atoms with E-state index < -0.39 is 40.9 Å². The maximum atomic E-state index is 14.3. The van der Waals surface area contributed by atoms with E-state index in [1.165, 1.54) is 6.92 Å². The van der Waals surface area contributed by atoms with Crippen molar-refractivity contribution >= 4 is 11.6 Å². The first-order chi connectivity index (χ1) is 15.4. The van der Waals surface area contributed by atoms with Gasteiger partial charge in [0.2, 0.25) is 0 Å². The standard InChI is InChI=1S/C22H19F4N3O4/c1-12-4-7-15(8-5-12)33-13(2)20(31)27-17-10-14(6-9-16(17)23)29-19(30)11-18(22(24,25)26)28(3)21(29)32/h4-11,13H,1-3H3,(H,27,31). The molecule has 11 heteroatoms. The fourth-order valence-corrected chi connectivity index (χ4v) is 2.99. The Morgan fingerprint density at radius 1 is 1.06 bits per heavy atom. The van der Waals surface area contributed by atoms with Crippen molar-refractivity contribution in [1.82, 2.24) is 9.13 Å². The fraction of sp³-hybridized carbons (Fsp3) is 0.227. The van der Waals surface area contributed by atoms with E-state index in [1.807, 2.05) is 6.92 Å². The number of carbonyl (C=O) groups excluding carboxylic acids is 1. The van der Waals surface area contributed by atoms with Crippen LogP contribution in [-0.2, 0) is 18.0 Å². The summed E-state index contributed by atoms with van der Waals surface area (Å²) in [5.74, 6) is -1.19. The molecule has 7 nitrogen and oxygen atoms in total. The summed E-state index contributed by atoms with van der Waals surface area (Å²) in [6.07, 6.45) is -5.95. The summed E-state index contributed by atoms with van der Waals surface area (Å²) in [6.45, 7) is 3.32. The van der Waals surface area contributed by atoms with E-state index >= 15 is 0 Å². The quantitative estimate of drug-likeness (QED) is 0.586. The lowest BCUT2D eigenvalue weighted by molar-refractivity contribution is -0.144. The second kappa shape index (κ2) is 8.93. The smallest absolute Gasteiger partial charge is 0.431 e. The molecular formula is C22H19F4N3O4. The Labute approximate surface area is 184 Å². The molecule has 0 fully saturated rings. The van der Waals surface area contributed by atoms with Gasteiger partial charge >= 0.3 is 11.9 Å². The third-order valence-corrected chi connectivity index (χ3v) is 4.78. The molecule has 0 aliphatic heterocycles. The van der Waals surface area contributed by atoms with E-state index in [4.69, 9.17) is 4.74 Å². The molecule has 1 atom stereocenters. The second-order valence-electron chi connectivity index (χ2n) is 7.27. The van der Waals surface area contributed by atoms with Crippen molar-refractivity contribution in [2.45, 2.75) is 26.1 Å². The number of anilines is 1. The number of aryl methyl sites for hydroxylation is 1. The molecule has 0 spiro atoms. The number of hydrogen-bond acceptors (Lipinski definition) is 4. The van der Waals surface area contributed by atoms with Gasteiger partial charge < -0.3 is 10.1 Å². The van der Waals surface area contributed by atoms with Crippen molar-refractivity contribution in [3.8, 4) is 11.4 Å². The lowest BCUT2D eigenvalue weighted by Gasteiger charge is -2.17. The molecule has 1 N–H and O–H groups in total. The van der Waals surface area contributed by atoms with Gasteiger partial charge in [0.1, 0.15) is 17.3 Å². The molecule has 2 aromatic carbocycles. The van der Waals surface area contributed by atoms with E-state index in [2.05, 4.69) is 5.32 Å². The van der Waals surface area contributed by atoms with Crippen LogP contribution in [0.3, 0.4) is 0 Å². The van der Waals surface area contributed by atoms with Crippen molar-refractivity contribution in [2.75, 3.05) is 5.32 Å². The number of carbonyl (C=O) groups is 1. The number of ether oxygens (including phenoxy) is 1. The van der Waals surface area contributed by atoms with Crippen LogP contribution in [0.25, 0.3) is 5.69 Å². The minimum Gasteiger partial charge on any atom is -0.481 e. The lowest BCUT2D eigenvalue weighted by Crippen LogP contribution is -2.40. The first-order valence-corrected chi connectivity index (χ1v) is 9.63. The predicted molar refractivity (Wildman–Crippen MR) is 112 cm³/mol. The topological polar surface area (TPSA) is 82.3 Å². The van der Waals surface area contributed by atoms with Crippen molar-refractivity contribution in [3.63, 3.8) is 0 Å². The number of alkyl halides is 3. The Morgan fingerprint density at radius 2 is 1.70 bits per heavy atom. The monoisotopic (exact) mass is 465 g/mol. The molecular weight excluding hydrogens is 446 g/mol. The van der Waals surface area contributed by atoms with E-state index in [0.717, 1.165) is 30.8 Å². The van der Waals surface area contributed by atoms with Crippen LogP contribution >= 0.6 is 0 Å². The molecule has 3 aromatic rings. The van der Waals surface area contributed by atoms with Crippen molar-refractivity contribution in [3.05, 3.63) is 86.4 Å². The summed E-state index contributed by atoms with van der Waals surface area (Å²) in [7, 11) is 0.859. The Morgan fingerprint density at radius 3 is 2.30 bits per heavy atom. The van der Waals surface area contributed by atoms with Crippen LogP contribution in [0.4, 0.5) is 23.2 Å². The molecule has 0 radical (unpaired) electrons.